The third-order valence-corrected chi connectivity index (χ3v) is 1.69. The Morgan fingerprint density at radius 1 is 1.25 bits per heavy atom. The highest BCUT2D eigenvalue weighted by Gasteiger charge is 2.47. The van der Waals surface area contributed by atoms with Gasteiger partial charge in [0.15, 0.2) is 6.10 Å². The van der Waals surface area contributed by atoms with Crippen molar-refractivity contribution in [1.82, 2.24) is 0 Å². The molecule has 2 aliphatic rings. The van der Waals surface area contributed by atoms with Crippen LogP contribution in [0.4, 0.5) is 0 Å². The molecule has 0 spiro atoms. The summed E-state index contributed by atoms with van der Waals surface area (Å²) in [4.78, 5) is 29.6. The summed E-state index contributed by atoms with van der Waals surface area (Å²) in [5, 5.41) is 3.90. The van der Waals surface area contributed by atoms with E-state index in [1.54, 1.807) is 0 Å². The first-order valence-corrected chi connectivity index (χ1v) is 3.51. The molecule has 2 unspecified atom stereocenters. The van der Waals surface area contributed by atoms with E-state index < -0.39 is 18.0 Å². The number of epoxide rings is 1. The number of carbonyl (C=O) groups is 2. The normalized spacial score (nSPS) is 35.0. The summed E-state index contributed by atoms with van der Waals surface area (Å²) in [6, 6.07) is 0. The first kappa shape index (κ1) is 7.51. The Hall–Kier alpha value is -1.14. The zero-order chi connectivity index (χ0) is 8.55. The van der Waals surface area contributed by atoms with Crippen LogP contribution in [-0.2, 0) is 29.1 Å². The molecule has 2 rings (SSSR count). The number of fused-ring (bicyclic) bond motifs is 1. The predicted octanol–water partition coefficient (Wildman–Crippen LogP) is -0.519. The molecule has 0 amide bonds. The van der Waals surface area contributed by atoms with Crippen LogP contribution in [0.1, 0.15) is 12.8 Å². The molecule has 0 radical (unpaired) electrons. The number of ether oxygens (including phenoxy) is 1. The lowest BCUT2D eigenvalue weighted by atomic mass is 10.2. The lowest BCUT2D eigenvalue weighted by molar-refractivity contribution is -0.459. The fourth-order valence-electron chi connectivity index (χ4n) is 1.01. The van der Waals surface area contributed by atoms with Crippen LogP contribution in [0.15, 0.2) is 0 Å². The summed E-state index contributed by atoms with van der Waals surface area (Å²) in [5.41, 5.74) is 0. The molecule has 2 atom stereocenters. The Morgan fingerprint density at radius 2 is 2.08 bits per heavy atom. The van der Waals surface area contributed by atoms with Crippen molar-refractivity contribution in [1.29, 1.82) is 0 Å². The smallest absolute Gasteiger partial charge is 0.357 e. The Balaban J connectivity index is 1.96. The summed E-state index contributed by atoms with van der Waals surface area (Å²) < 4.78 is 4.89. The fraction of sp³-hybridized carbons (Fsp3) is 0.667. The molecule has 6 nitrogen and oxygen atoms in total. The van der Waals surface area contributed by atoms with Crippen LogP contribution < -0.4 is 0 Å². The number of carbonyl (C=O) groups excluding carboxylic acids is 2. The molecule has 0 aromatic carbocycles. The number of hydrogen-bond acceptors (Lipinski definition) is 6. The van der Waals surface area contributed by atoms with Gasteiger partial charge < -0.3 is 4.74 Å². The average molecular weight is 174 g/mol. The molecule has 0 aromatic rings. The van der Waals surface area contributed by atoms with E-state index in [0.29, 0.717) is 6.42 Å². The maximum absolute atomic E-state index is 10.8. The summed E-state index contributed by atoms with van der Waals surface area (Å²) in [6.45, 7) is 0. The third-order valence-electron chi connectivity index (χ3n) is 1.69. The minimum absolute atomic E-state index is 0.164. The molecule has 0 aromatic heterocycles. The molecular formula is C6H6O6. The molecule has 0 N–H and O–H groups in total. The summed E-state index contributed by atoms with van der Waals surface area (Å²) in [5.74, 6) is -1.23. The maximum atomic E-state index is 10.8. The van der Waals surface area contributed by atoms with E-state index in [2.05, 4.69) is 14.8 Å². The number of hydrogen-bond donors (Lipinski definition) is 0. The first-order chi connectivity index (χ1) is 5.77. The Bertz CT molecular complexity index is 224. The fourth-order valence-corrected chi connectivity index (χ4v) is 1.01. The summed E-state index contributed by atoms with van der Waals surface area (Å²) in [6.07, 6.45) is -0.175. The molecule has 2 aliphatic heterocycles. The molecule has 2 heterocycles. The molecule has 66 valence electrons. The van der Waals surface area contributed by atoms with Crippen molar-refractivity contribution in [2.75, 3.05) is 0 Å². The minimum atomic E-state index is -0.658. The van der Waals surface area contributed by atoms with Crippen LogP contribution in [0, 0.1) is 0 Å². The van der Waals surface area contributed by atoms with E-state index in [9.17, 15) is 9.59 Å². The van der Waals surface area contributed by atoms with E-state index in [1.165, 1.54) is 0 Å². The van der Waals surface area contributed by atoms with Gasteiger partial charge in [0.05, 0.1) is 12.5 Å². The van der Waals surface area contributed by atoms with Gasteiger partial charge in [0.25, 0.3) is 0 Å². The Morgan fingerprint density at radius 3 is 2.92 bits per heavy atom. The SMILES string of the molecule is O=C1CCC2OC2C(=O)OOO1. The van der Waals surface area contributed by atoms with Crippen LogP contribution in [0.25, 0.3) is 0 Å². The second kappa shape index (κ2) is 2.72. The van der Waals surface area contributed by atoms with Gasteiger partial charge >= 0.3 is 11.9 Å². The van der Waals surface area contributed by atoms with Crippen LogP contribution in [0.5, 0.6) is 0 Å². The predicted molar refractivity (Wildman–Crippen MR) is 31.2 cm³/mol. The van der Waals surface area contributed by atoms with Crippen LogP contribution in [0.2, 0.25) is 0 Å². The van der Waals surface area contributed by atoms with E-state index >= 15 is 0 Å². The van der Waals surface area contributed by atoms with Crippen molar-refractivity contribution < 1.29 is 29.1 Å². The zero-order valence-corrected chi connectivity index (χ0v) is 6.02. The van der Waals surface area contributed by atoms with Gasteiger partial charge in [-0.1, -0.05) is 0 Å². The summed E-state index contributed by atoms with van der Waals surface area (Å²) in [7, 11) is 0. The monoisotopic (exact) mass is 174 g/mol. The standard InChI is InChI=1S/C6H6O6/c7-4-2-1-3-5(9-3)6(8)11-12-10-4/h3,5H,1-2H2. The van der Waals surface area contributed by atoms with E-state index in [0.717, 1.165) is 0 Å². The average Bonchev–Trinajstić information content (AvgIpc) is 2.78. The van der Waals surface area contributed by atoms with Crippen molar-refractivity contribution in [3.63, 3.8) is 0 Å². The van der Waals surface area contributed by atoms with Gasteiger partial charge in [-0.25, -0.2) is 9.59 Å². The van der Waals surface area contributed by atoms with Gasteiger partial charge in [-0.05, 0) is 6.42 Å². The van der Waals surface area contributed by atoms with Crippen molar-refractivity contribution in [3.8, 4) is 0 Å². The van der Waals surface area contributed by atoms with Gasteiger partial charge in [0, 0.05) is 5.04 Å². The van der Waals surface area contributed by atoms with E-state index in [4.69, 9.17) is 4.74 Å². The lowest BCUT2D eigenvalue weighted by Gasteiger charge is -1.97. The topological polar surface area (TPSA) is 74.4 Å². The van der Waals surface area contributed by atoms with E-state index in [1.807, 2.05) is 0 Å². The minimum Gasteiger partial charge on any atom is -0.357 e. The van der Waals surface area contributed by atoms with Gasteiger partial charge in [-0.15, -0.1) is 0 Å². The summed E-state index contributed by atoms with van der Waals surface area (Å²) >= 11 is 0. The highest BCUT2D eigenvalue weighted by molar-refractivity contribution is 5.78. The van der Waals surface area contributed by atoms with E-state index in [-0.39, 0.29) is 12.5 Å². The van der Waals surface area contributed by atoms with Crippen molar-refractivity contribution in [2.45, 2.75) is 25.0 Å². The van der Waals surface area contributed by atoms with Crippen molar-refractivity contribution >= 4 is 11.9 Å². The second-order valence-electron chi connectivity index (χ2n) is 2.56. The molecule has 2 saturated heterocycles. The highest BCUT2D eigenvalue weighted by Crippen LogP contribution is 2.28. The van der Waals surface area contributed by atoms with Crippen molar-refractivity contribution in [2.24, 2.45) is 0 Å². The molecule has 12 heavy (non-hydrogen) atoms. The third kappa shape index (κ3) is 1.39. The van der Waals surface area contributed by atoms with Gasteiger partial charge in [0.2, 0.25) is 0 Å². The molecule has 0 aliphatic carbocycles. The number of rotatable bonds is 0. The Labute approximate surface area is 67.2 Å². The molecule has 0 saturated carbocycles. The van der Waals surface area contributed by atoms with Gasteiger partial charge in [-0.3, -0.25) is 9.78 Å². The molecule has 6 heteroatoms. The Kier molecular flexibility index (Phi) is 1.70. The molecule has 2 fully saturated rings. The second-order valence-corrected chi connectivity index (χ2v) is 2.56. The largest absolute Gasteiger partial charge is 0.377 e. The lowest BCUT2D eigenvalue weighted by Crippen LogP contribution is -2.13. The van der Waals surface area contributed by atoms with Gasteiger partial charge in [0.1, 0.15) is 0 Å². The quantitative estimate of drug-likeness (QED) is 0.363. The van der Waals surface area contributed by atoms with Crippen LogP contribution in [-0.4, -0.2) is 24.1 Å². The van der Waals surface area contributed by atoms with Crippen LogP contribution in [0.3, 0.4) is 0 Å². The zero-order valence-electron chi connectivity index (χ0n) is 6.02. The maximum Gasteiger partial charge on any atom is 0.377 e. The van der Waals surface area contributed by atoms with Crippen LogP contribution >= 0.6 is 0 Å². The van der Waals surface area contributed by atoms with Gasteiger partial charge in [-0.2, -0.15) is 0 Å². The first-order valence-electron chi connectivity index (χ1n) is 3.51. The molecular weight excluding hydrogens is 168 g/mol. The molecule has 0 bridgehead atoms. The highest BCUT2D eigenvalue weighted by atomic mass is 17.5. The van der Waals surface area contributed by atoms with Crippen molar-refractivity contribution in [3.05, 3.63) is 0 Å².